The predicted octanol–water partition coefficient (Wildman–Crippen LogP) is 2.69. The van der Waals surface area contributed by atoms with Crippen molar-refractivity contribution in [2.75, 3.05) is 33.2 Å². The summed E-state index contributed by atoms with van der Waals surface area (Å²) in [5, 5.41) is 6.67. The average molecular weight is 396 g/mol. The highest BCUT2D eigenvalue weighted by Crippen LogP contribution is 2.15. The molecule has 5 heteroatoms. The van der Waals surface area contributed by atoms with Gasteiger partial charge in [-0.15, -0.1) is 24.0 Å². The van der Waals surface area contributed by atoms with Crippen molar-refractivity contribution in [3.8, 4) is 0 Å². The molecule has 0 radical (unpaired) electrons. The molecule has 2 N–H and O–H groups in total. The monoisotopic (exact) mass is 396 g/mol. The van der Waals surface area contributed by atoms with E-state index in [9.17, 15) is 0 Å². The summed E-state index contributed by atoms with van der Waals surface area (Å²) in [5.41, 5.74) is 0. The van der Waals surface area contributed by atoms with Gasteiger partial charge in [-0.2, -0.15) is 0 Å². The summed E-state index contributed by atoms with van der Waals surface area (Å²) in [5.74, 6) is 1.81. The molecule has 0 aromatic rings. The Balaban J connectivity index is 0.00000361. The second-order valence-corrected chi connectivity index (χ2v) is 6.05. The van der Waals surface area contributed by atoms with Crippen LogP contribution in [0.4, 0.5) is 0 Å². The van der Waals surface area contributed by atoms with Crippen molar-refractivity contribution in [2.24, 2.45) is 10.9 Å². The van der Waals surface area contributed by atoms with Crippen LogP contribution in [-0.2, 0) is 0 Å². The van der Waals surface area contributed by atoms with Gasteiger partial charge in [0.1, 0.15) is 0 Å². The van der Waals surface area contributed by atoms with E-state index in [0.29, 0.717) is 6.04 Å². The normalized spacial score (nSPS) is 20.6. The Morgan fingerprint density at radius 1 is 1.35 bits per heavy atom. The van der Waals surface area contributed by atoms with Crippen LogP contribution in [0.25, 0.3) is 0 Å². The first-order valence-electron chi connectivity index (χ1n) is 7.81. The molecule has 0 bridgehead atoms. The molecule has 1 fully saturated rings. The molecule has 120 valence electrons. The maximum absolute atomic E-state index is 4.21. The van der Waals surface area contributed by atoms with E-state index in [4.69, 9.17) is 0 Å². The van der Waals surface area contributed by atoms with Crippen molar-refractivity contribution in [3.05, 3.63) is 0 Å². The molecular formula is C15H33IN4. The highest BCUT2D eigenvalue weighted by molar-refractivity contribution is 14.0. The summed E-state index contributed by atoms with van der Waals surface area (Å²) in [6.07, 6.45) is 5.28. The minimum absolute atomic E-state index is 0. The number of rotatable bonds is 6. The van der Waals surface area contributed by atoms with Gasteiger partial charge in [0.05, 0.1) is 0 Å². The summed E-state index contributed by atoms with van der Waals surface area (Å²) in [4.78, 5) is 6.83. The first-order valence-corrected chi connectivity index (χ1v) is 7.81. The number of likely N-dealkylation sites (tertiary alicyclic amines) is 1. The van der Waals surface area contributed by atoms with Crippen LogP contribution < -0.4 is 10.6 Å². The zero-order valence-electron chi connectivity index (χ0n) is 13.6. The lowest BCUT2D eigenvalue weighted by molar-refractivity contribution is 0.181. The lowest BCUT2D eigenvalue weighted by Gasteiger charge is -2.30. The lowest BCUT2D eigenvalue weighted by atomic mass is 10.0. The Morgan fingerprint density at radius 2 is 2.10 bits per heavy atom. The summed E-state index contributed by atoms with van der Waals surface area (Å²) in [7, 11) is 1.83. The van der Waals surface area contributed by atoms with E-state index in [1.54, 1.807) is 0 Å². The zero-order chi connectivity index (χ0) is 14.1. The second kappa shape index (κ2) is 11.6. The number of aliphatic imine (C=N–C) groups is 1. The summed E-state index contributed by atoms with van der Waals surface area (Å²) >= 11 is 0. The number of hydrogen-bond donors (Lipinski definition) is 2. The fraction of sp³-hybridized carbons (Fsp3) is 0.933. The van der Waals surface area contributed by atoms with Gasteiger partial charge in [0, 0.05) is 26.2 Å². The molecular weight excluding hydrogens is 363 g/mol. The van der Waals surface area contributed by atoms with Gasteiger partial charge in [0.2, 0.25) is 0 Å². The molecule has 0 amide bonds. The van der Waals surface area contributed by atoms with Crippen LogP contribution in [0.3, 0.4) is 0 Å². The molecule has 1 aliphatic rings. The van der Waals surface area contributed by atoms with E-state index in [-0.39, 0.29) is 24.0 Å². The van der Waals surface area contributed by atoms with E-state index < -0.39 is 0 Å². The average Bonchev–Trinajstić information content (AvgIpc) is 2.36. The van der Waals surface area contributed by atoms with E-state index in [1.165, 1.54) is 45.3 Å². The van der Waals surface area contributed by atoms with Gasteiger partial charge in [-0.05, 0) is 58.5 Å². The van der Waals surface area contributed by atoms with Gasteiger partial charge in [-0.3, -0.25) is 4.99 Å². The van der Waals surface area contributed by atoms with Crippen molar-refractivity contribution in [1.82, 2.24) is 15.5 Å². The number of nitrogens with zero attached hydrogens (tertiary/aromatic N) is 2. The molecule has 4 nitrogen and oxygen atoms in total. The number of piperidine rings is 1. The summed E-state index contributed by atoms with van der Waals surface area (Å²) in [6.45, 7) is 11.5. The van der Waals surface area contributed by atoms with Crippen LogP contribution in [0.15, 0.2) is 4.99 Å². The van der Waals surface area contributed by atoms with E-state index >= 15 is 0 Å². The number of unbranched alkanes of at least 4 members (excludes halogenated alkanes) is 1. The smallest absolute Gasteiger partial charge is 0.191 e. The highest BCUT2D eigenvalue weighted by Gasteiger charge is 2.15. The number of guanidine groups is 1. The van der Waals surface area contributed by atoms with Gasteiger partial charge in [0.15, 0.2) is 5.96 Å². The number of hydrogen-bond acceptors (Lipinski definition) is 2. The van der Waals surface area contributed by atoms with Crippen molar-refractivity contribution < 1.29 is 0 Å². The molecule has 1 aliphatic heterocycles. The maximum atomic E-state index is 4.21. The largest absolute Gasteiger partial charge is 0.356 e. The number of halogens is 1. The van der Waals surface area contributed by atoms with Crippen LogP contribution in [0, 0.1) is 5.92 Å². The fourth-order valence-corrected chi connectivity index (χ4v) is 2.63. The fourth-order valence-electron chi connectivity index (χ4n) is 2.63. The molecule has 1 rings (SSSR count). The molecule has 0 spiro atoms. The number of nitrogens with one attached hydrogen (secondary N) is 2. The minimum atomic E-state index is 0. The molecule has 1 atom stereocenters. The molecule has 0 aromatic carbocycles. The second-order valence-electron chi connectivity index (χ2n) is 6.05. The summed E-state index contributed by atoms with van der Waals surface area (Å²) in [6, 6.07) is 0.432. The third-order valence-corrected chi connectivity index (χ3v) is 3.58. The van der Waals surface area contributed by atoms with Crippen LogP contribution >= 0.6 is 24.0 Å². The third kappa shape index (κ3) is 9.00. The first kappa shape index (κ1) is 20.0. The molecule has 0 aliphatic carbocycles. The van der Waals surface area contributed by atoms with E-state index in [0.717, 1.165) is 18.4 Å². The molecule has 0 saturated carbocycles. The lowest BCUT2D eigenvalue weighted by Crippen LogP contribution is -2.41. The Kier molecular flexibility index (Phi) is 11.6. The first-order chi connectivity index (χ1) is 9.11. The third-order valence-electron chi connectivity index (χ3n) is 3.58. The van der Waals surface area contributed by atoms with Crippen molar-refractivity contribution >= 4 is 29.9 Å². The molecule has 1 heterocycles. The Bertz CT molecular complexity index is 269. The zero-order valence-corrected chi connectivity index (χ0v) is 15.9. The molecule has 0 aromatic heterocycles. The summed E-state index contributed by atoms with van der Waals surface area (Å²) < 4.78 is 0. The maximum Gasteiger partial charge on any atom is 0.191 e. The highest BCUT2D eigenvalue weighted by atomic mass is 127. The van der Waals surface area contributed by atoms with Crippen molar-refractivity contribution in [2.45, 2.75) is 52.5 Å². The predicted molar refractivity (Wildman–Crippen MR) is 99.1 cm³/mol. The Morgan fingerprint density at radius 3 is 2.70 bits per heavy atom. The van der Waals surface area contributed by atoms with Crippen molar-refractivity contribution in [1.29, 1.82) is 0 Å². The van der Waals surface area contributed by atoms with Crippen molar-refractivity contribution in [3.63, 3.8) is 0 Å². The van der Waals surface area contributed by atoms with Crippen LogP contribution in [0.5, 0.6) is 0 Å². The SMILES string of the molecule is CN=C(NCCCCN1CCCC(C)C1)NC(C)C.I. The Hall–Kier alpha value is -0.0400. The van der Waals surface area contributed by atoms with Gasteiger partial charge in [0.25, 0.3) is 0 Å². The molecule has 1 unspecified atom stereocenters. The minimum Gasteiger partial charge on any atom is -0.356 e. The molecule has 1 saturated heterocycles. The molecule has 20 heavy (non-hydrogen) atoms. The van der Waals surface area contributed by atoms with Gasteiger partial charge in [-0.25, -0.2) is 0 Å². The standard InChI is InChI=1S/C15H32N4.HI/c1-13(2)18-15(16-4)17-9-5-6-10-19-11-7-8-14(3)12-19;/h13-14H,5-12H2,1-4H3,(H2,16,17,18);1H. The van der Waals surface area contributed by atoms with Gasteiger partial charge >= 0.3 is 0 Å². The van der Waals surface area contributed by atoms with Crippen LogP contribution in [0.1, 0.15) is 46.5 Å². The van der Waals surface area contributed by atoms with Gasteiger partial charge in [-0.1, -0.05) is 6.92 Å². The van der Waals surface area contributed by atoms with Crippen LogP contribution in [-0.4, -0.2) is 50.1 Å². The quantitative estimate of drug-likeness (QED) is 0.314. The topological polar surface area (TPSA) is 39.7 Å². The van der Waals surface area contributed by atoms with Gasteiger partial charge < -0.3 is 15.5 Å². The van der Waals surface area contributed by atoms with E-state index in [2.05, 4.69) is 41.3 Å². The van der Waals surface area contributed by atoms with E-state index in [1.807, 2.05) is 7.05 Å². The van der Waals surface area contributed by atoms with Crippen LogP contribution in [0.2, 0.25) is 0 Å². The Labute approximate surface area is 142 Å².